The van der Waals surface area contributed by atoms with Gasteiger partial charge in [0.05, 0.1) is 6.10 Å². The SMILES string of the molecule is CCc1ccc(CCc2cc(=O)cc(OCC3CCCCO3)[nH]2)cc1Cl. The smallest absolute Gasteiger partial charge is 0.194 e. The lowest BCUT2D eigenvalue weighted by atomic mass is 10.0. The van der Waals surface area contributed by atoms with E-state index in [1.54, 1.807) is 6.07 Å². The fourth-order valence-corrected chi connectivity index (χ4v) is 3.56. The maximum atomic E-state index is 12.0. The average Bonchev–Trinajstić information content (AvgIpc) is 2.65. The highest BCUT2D eigenvalue weighted by Gasteiger charge is 2.14. The van der Waals surface area contributed by atoms with Crippen molar-refractivity contribution in [2.75, 3.05) is 13.2 Å². The molecule has 1 aliphatic heterocycles. The van der Waals surface area contributed by atoms with Crippen LogP contribution in [0, 0.1) is 0 Å². The molecule has 0 amide bonds. The minimum atomic E-state index is -0.0438. The predicted molar refractivity (Wildman–Crippen MR) is 104 cm³/mol. The van der Waals surface area contributed by atoms with E-state index < -0.39 is 0 Å². The molecule has 2 aromatic rings. The van der Waals surface area contributed by atoms with Crippen LogP contribution in [0.4, 0.5) is 0 Å². The number of pyridine rings is 1. The molecule has 1 N–H and O–H groups in total. The van der Waals surface area contributed by atoms with Crippen molar-refractivity contribution in [3.63, 3.8) is 0 Å². The summed E-state index contributed by atoms with van der Waals surface area (Å²) in [7, 11) is 0. The Bertz CT molecular complexity index is 781. The van der Waals surface area contributed by atoms with Crippen molar-refractivity contribution in [3.05, 3.63) is 62.4 Å². The lowest BCUT2D eigenvalue weighted by molar-refractivity contribution is -0.0120. The summed E-state index contributed by atoms with van der Waals surface area (Å²) >= 11 is 6.29. The first-order valence-electron chi connectivity index (χ1n) is 9.39. The Balaban J connectivity index is 1.60. The van der Waals surface area contributed by atoms with Gasteiger partial charge in [0.15, 0.2) is 11.3 Å². The molecular formula is C21H26ClNO3. The first-order valence-corrected chi connectivity index (χ1v) is 9.77. The number of hydrogen-bond acceptors (Lipinski definition) is 3. The topological polar surface area (TPSA) is 51.3 Å². The van der Waals surface area contributed by atoms with Gasteiger partial charge in [0.25, 0.3) is 0 Å². The van der Waals surface area contributed by atoms with Gasteiger partial charge in [0.2, 0.25) is 0 Å². The Labute approximate surface area is 159 Å². The van der Waals surface area contributed by atoms with Gasteiger partial charge in [-0.15, -0.1) is 0 Å². The summed E-state index contributed by atoms with van der Waals surface area (Å²) in [6.45, 7) is 3.37. The number of hydrogen-bond donors (Lipinski definition) is 1. The zero-order valence-electron chi connectivity index (χ0n) is 15.2. The Hall–Kier alpha value is -1.78. The molecular weight excluding hydrogens is 350 g/mol. The molecule has 26 heavy (non-hydrogen) atoms. The van der Waals surface area contributed by atoms with Gasteiger partial charge in [-0.25, -0.2) is 0 Å². The molecule has 1 unspecified atom stereocenters. The highest BCUT2D eigenvalue weighted by Crippen LogP contribution is 2.20. The van der Waals surface area contributed by atoms with Crippen LogP contribution < -0.4 is 10.2 Å². The normalized spacial score (nSPS) is 17.2. The molecule has 1 saturated heterocycles. The molecule has 0 radical (unpaired) electrons. The Kier molecular flexibility index (Phi) is 6.75. The van der Waals surface area contributed by atoms with Gasteiger partial charge in [-0.2, -0.15) is 0 Å². The number of nitrogens with one attached hydrogen (secondary N) is 1. The lowest BCUT2D eigenvalue weighted by Gasteiger charge is -2.22. The summed E-state index contributed by atoms with van der Waals surface area (Å²) in [5, 5.41) is 0.808. The van der Waals surface area contributed by atoms with Crippen molar-refractivity contribution in [2.24, 2.45) is 0 Å². The van der Waals surface area contributed by atoms with Gasteiger partial charge >= 0.3 is 0 Å². The van der Waals surface area contributed by atoms with E-state index in [1.165, 1.54) is 12.5 Å². The second-order valence-corrected chi connectivity index (χ2v) is 7.19. The van der Waals surface area contributed by atoms with Crippen LogP contribution >= 0.6 is 11.6 Å². The number of rotatable bonds is 7. The zero-order chi connectivity index (χ0) is 18.4. The van der Waals surface area contributed by atoms with Crippen molar-refractivity contribution in [2.45, 2.75) is 51.6 Å². The number of halogens is 1. The van der Waals surface area contributed by atoms with E-state index >= 15 is 0 Å². The van der Waals surface area contributed by atoms with Gasteiger partial charge in [0, 0.05) is 29.5 Å². The van der Waals surface area contributed by atoms with Crippen molar-refractivity contribution < 1.29 is 9.47 Å². The lowest BCUT2D eigenvalue weighted by Crippen LogP contribution is -2.26. The zero-order valence-corrected chi connectivity index (χ0v) is 16.0. The average molecular weight is 376 g/mol. The molecule has 1 aromatic heterocycles. The van der Waals surface area contributed by atoms with Crippen LogP contribution in [-0.4, -0.2) is 24.3 Å². The summed E-state index contributed by atoms with van der Waals surface area (Å²) < 4.78 is 11.4. The van der Waals surface area contributed by atoms with Crippen LogP contribution in [0.2, 0.25) is 5.02 Å². The molecule has 0 bridgehead atoms. The van der Waals surface area contributed by atoms with Gasteiger partial charge in [-0.3, -0.25) is 4.79 Å². The minimum absolute atomic E-state index is 0.0438. The monoisotopic (exact) mass is 375 g/mol. The molecule has 1 fully saturated rings. The second kappa shape index (κ2) is 9.24. The Morgan fingerprint density at radius 2 is 2.12 bits per heavy atom. The van der Waals surface area contributed by atoms with E-state index in [1.807, 2.05) is 6.07 Å². The number of H-pyrrole nitrogens is 1. The highest BCUT2D eigenvalue weighted by atomic mass is 35.5. The molecule has 2 heterocycles. The number of benzene rings is 1. The fraction of sp³-hybridized carbons (Fsp3) is 0.476. The molecule has 1 atom stereocenters. The van der Waals surface area contributed by atoms with Crippen LogP contribution in [0.5, 0.6) is 5.88 Å². The summed E-state index contributed by atoms with van der Waals surface area (Å²) in [5.41, 5.74) is 3.14. The standard InChI is InChI=1S/C21H26ClNO3/c1-2-16-8-6-15(11-20(16)22)7-9-17-12-18(24)13-21(23-17)26-14-19-5-3-4-10-25-19/h6,8,11-13,19H,2-5,7,9-10,14H2,1H3,(H,23,24). The van der Waals surface area contributed by atoms with Crippen LogP contribution in [-0.2, 0) is 24.0 Å². The number of aryl methyl sites for hydroxylation is 3. The first-order chi connectivity index (χ1) is 12.6. The summed E-state index contributed by atoms with van der Waals surface area (Å²) in [6.07, 6.45) is 5.89. The third kappa shape index (κ3) is 5.36. The second-order valence-electron chi connectivity index (χ2n) is 6.78. The molecule has 140 valence electrons. The van der Waals surface area contributed by atoms with Gasteiger partial charge in [-0.05, 0) is 55.7 Å². The first kappa shape index (κ1) is 19.0. The van der Waals surface area contributed by atoms with E-state index in [0.717, 1.165) is 60.6 Å². The number of ether oxygens (including phenoxy) is 2. The van der Waals surface area contributed by atoms with E-state index in [2.05, 4.69) is 24.0 Å². The number of aromatic nitrogens is 1. The number of aromatic amines is 1. The molecule has 1 aromatic carbocycles. The maximum Gasteiger partial charge on any atom is 0.194 e. The molecule has 3 rings (SSSR count). The third-order valence-corrected chi connectivity index (χ3v) is 5.11. The molecule has 1 aliphatic rings. The van der Waals surface area contributed by atoms with Gasteiger partial charge < -0.3 is 14.5 Å². The Morgan fingerprint density at radius 1 is 1.23 bits per heavy atom. The molecule has 0 spiro atoms. The largest absolute Gasteiger partial charge is 0.476 e. The minimum Gasteiger partial charge on any atom is -0.476 e. The molecule has 4 nitrogen and oxygen atoms in total. The Morgan fingerprint density at radius 3 is 2.85 bits per heavy atom. The van der Waals surface area contributed by atoms with Crippen LogP contribution in [0.15, 0.2) is 35.1 Å². The quantitative estimate of drug-likeness (QED) is 0.783. The maximum absolute atomic E-state index is 12.0. The third-order valence-electron chi connectivity index (χ3n) is 4.75. The van der Waals surface area contributed by atoms with E-state index in [9.17, 15) is 4.79 Å². The van der Waals surface area contributed by atoms with Crippen LogP contribution in [0.25, 0.3) is 0 Å². The summed E-state index contributed by atoms with van der Waals surface area (Å²) in [5.74, 6) is 0.515. The summed E-state index contributed by atoms with van der Waals surface area (Å²) in [4.78, 5) is 15.2. The van der Waals surface area contributed by atoms with Gasteiger partial charge in [-0.1, -0.05) is 30.7 Å². The van der Waals surface area contributed by atoms with Crippen molar-refractivity contribution >= 4 is 11.6 Å². The predicted octanol–water partition coefficient (Wildman–Crippen LogP) is 4.32. The van der Waals surface area contributed by atoms with Gasteiger partial charge in [0.1, 0.15) is 6.61 Å². The summed E-state index contributed by atoms with van der Waals surface area (Å²) in [6, 6.07) is 9.32. The van der Waals surface area contributed by atoms with Crippen LogP contribution in [0.3, 0.4) is 0 Å². The van der Waals surface area contributed by atoms with Crippen LogP contribution in [0.1, 0.15) is 43.0 Å². The molecule has 0 aliphatic carbocycles. The van der Waals surface area contributed by atoms with E-state index in [0.29, 0.717) is 12.5 Å². The van der Waals surface area contributed by atoms with Crippen molar-refractivity contribution in [1.82, 2.24) is 4.98 Å². The van der Waals surface area contributed by atoms with Crippen molar-refractivity contribution in [1.29, 1.82) is 0 Å². The molecule has 0 saturated carbocycles. The van der Waals surface area contributed by atoms with E-state index in [4.69, 9.17) is 21.1 Å². The molecule has 5 heteroatoms. The van der Waals surface area contributed by atoms with Crippen molar-refractivity contribution in [3.8, 4) is 5.88 Å². The highest BCUT2D eigenvalue weighted by molar-refractivity contribution is 6.31. The van der Waals surface area contributed by atoms with E-state index in [-0.39, 0.29) is 11.5 Å². The fourth-order valence-electron chi connectivity index (χ4n) is 3.22.